The predicted molar refractivity (Wildman–Crippen MR) is 123 cm³/mol. The Morgan fingerprint density at radius 2 is 1.62 bits per heavy atom. The molecular weight excluding hydrogens is 404 g/mol. The average Bonchev–Trinajstić information content (AvgIpc) is 3.32. The molecule has 170 valence electrons. The van der Waals surface area contributed by atoms with E-state index in [1.165, 1.54) is 16.7 Å². The number of hydrogen-bond acceptors (Lipinski definition) is 5. The summed E-state index contributed by atoms with van der Waals surface area (Å²) in [5.41, 5.74) is 9.55. The number of nitrogens with zero attached hydrogens (tertiary/aromatic N) is 3. The molecule has 3 heterocycles. The number of amides is 2. The number of fused-ring (bicyclic) bond motifs is 1. The van der Waals surface area contributed by atoms with E-state index in [0.29, 0.717) is 19.3 Å². The highest BCUT2D eigenvalue weighted by Gasteiger charge is 2.29. The molecule has 7 heteroatoms. The minimum Gasteiger partial charge on any atom is -0.454 e. The molecule has 0 unspecified atom stereocenters. The Kier molecular flexibility index (Phi) is 6.19. The molecule has 0 aliphatic carbocycles. The molecule has 2 amide bonds. The van der Waals surface area contributed by atoms with Crippen LogP contribution in [-0.2, 0) is 13.1 Å². The maximum Gasteiger partial charge on any atom is 0.320 e. The van der Waals surface area contributed by atoms with Gasteiger partial charge in [-0.25, -0.2) is 4.79 Å². The first-order valence-corrected chi connectivity index (χ1v) is 11.6. The number of nitrogens with two attached hydrogens (primary N) is 1. The smallest absolute Gasteiger partial charge is 0.320 e. The van der Waals surface area contributed by atoms with E-state index in [0.717, 1.165) is 70.2 Å². The van der Waals surface area contributed by atoms with Gasteiger partial charge >= 0.3 is 6.03 Å². The summed E-state index contributed by atoms with van der Waals surface area (Å²) >= 11 is 0. The molecular formula is C25H32N4O3. The molecule has 2 saturated heterocycles. The summed E-state index contributed by atoms with van der Waals surface area (Å²) in [6, 6.07) is 14.9. The summed E-state index contributed by atoms with van der Waals surface area (Å²) in [5.74, 6) is 2.17. The lowest BCUT2D eigenvalue weighted by molar-refractivity contribution is 0.103. The summed E-state index contributed by atoms with van der Waals surface area (Å²) < 4.78 is 10.9. The molecule has 7 nitrogen and oxygen atoms in total. The van der Waals surface area contributed by atoms with E-state index >= 15 is 0 Å². The van der Waals surface area contributed by atoms with Gasteiger partial charge in [0.1, 0.15) is 0 Å². The number of carbonyl (C=O) groups is 1. The average molecular weight is 437 g/mol. The highest BCUT2D eigenvalue weighted by atomic mass is 16.7. The van der Waals surface area contributed by atoms with Gasteiger partial charge in [-0.05, 0) is 47.6 Å². The lowest BCUT2D eigenvalue weighted by Gasteiger charge is -2.40. The first kappa shape index (κ1) is 21.1. The maximum absolute atomic E-state index is 13.1. The van der Waals surface area contributed by atoms with Crippen molar-refractivity contribution in [2.45, 2.75) is 31.8 Å². The topological polar surface area (TPSA) is 71.3 Å². The fraction of sp³-hybridized carbons (Fsp3) is 0.480. The van der Waals surface area contributed by atoms with Crippen molar-refractivity contribution in [2.24, 2.45) is 5.73 Å². The molecule has 0 radical (unpaired) electrons. The van der Waals surface area contributed by atoms with Crippen molar-refractivity contribution < 1.29 is 14.3 Å². The molecule has 32 heavy (non-hydrogen) atoms. The number of hydrogen-bond donors (Lipinski definition) is 1. The molecule has 2 fully saturated rings. The van der Waals surface area contributed by atoms with Gasteiger partial charge in [0.15, 0.2) is 11.5 Å². The Balaban J connectivity index is 1.09. The van der Waals surface area contributed by atoms with Crippen LogP contribution in [0.25, 0.3) is 0 Å². The summed E-state index contributed by atoms with van der Waals surface area (Å²) in [6.07, 6.45) is 2.04. The third kappa shape index (κ3) is 4.54. The number of benzene rings is 2. The van der Waals surface area contributed by atoms with E-state index in [2.05, 4.69) is 41.3 Å². The third-order valence-corrected chi connectivity index (χ3v) is 6.91. The summed E-state index contributed by atoms with van der Waals surface area (Å²) in [7, 11) is 0. The highest BCUT2D eigenvalue weighted by molar-refractivity contribution is 5.74. The second-order valence-electron chi connectivity index (χ2n) is 8.94. The van der Waals surface area contributed by atoms with Crippen LogP contribution < -0.4 is 15.2 Å². The molecule has 2 aromatic rings. The van der Waals surface area contributed by atoms with Gasteiger partial charge in [0.05, 0.1) is 0 Å². The van der Waals surface area contributed by atoms with E-state index in [9.17, 15) is 4.79 Å². The zero-order chi connectivity index (χ0) is 21.9. The Morgan fingerprint density at radius 3 is 2.41 bits per heavy atom. The molecule has 3 aliphatic heterocycles. The quantitative estimate of drug-likeness (QED) is 0.798. The van der Waals surface area contributed by atoms with Gasteiger partial charge in [0, 0.05) is 52.4 Å². The molecule has 0 atom stereocenters. The van der Waals surface area contributed by atoms with Gasteiger partial charge in [-0.3, -0.25) is 4.90 Å². The molecule has 5 rings (SSSR count). The molecule has 0 bridgehead atoms. The minimum atomic E-state index is 0.196. The van der Waals surface area contributed by atoms with Crippen molar-refractivity contribution in [3.8, 4) is 11.5 Å². The van der Waals surface area contributed by atoms with Crippen LogP contribution in [-0.4, -0.2) is 66.8 Å². The van der Waals surface area contributed by atoms with Crippen molar-refractivity contribution in [2.75, 3.05) is 46.1 Å². The monoisotopic (exact) mass is 436 g/mol. The standard InChI is InChI=1S/C25H32N4O3/c26-16-19-2-1-3-22(14-19)21-6-8-28(9-7-21)25(30)29-12-10-27(11-13-29)17-20-4-5-23-24(15-20)32-18-31-23/h1-5,14-15,21H,6-13,16-18,26H2. The summed E-state index contributed by atoms with van der Waals surface area (Å²) in [4.78, 5) is 19.5. The Labute approximate surface area is 189 Å². The normalized spacial score (nSPS) is 19.4. The van der Waals surface area contributed by atoms with Crippen LogP contribution >= 0.6 is 0 Å². The van der Waals surface area contributed by atoms with Gasteiger partial charge in [-0.15, -0.1) is 0 Å². The molecule has 0 saturated carbocycles. The summed E-state index contributed by atoms with van der Waals surface area (Å²) in [6.45, 7) is 6.74. The van der Waals surface area contributed by atoms with Crippen molar-refractivity contribution in [1.82, 2.24) is 14.7 Å². The number of rotatable bonds is 4. The molecule has 2 aromatic carbocycles. The van der Waals surface area contributed by atoms with Gasteiger partial charge in [-0.2, -0.15) is 0 Å². The molecule has 2 N–H and O–H groups in total. The van der Waals surface area contributed by atoms with Gasteiger partial charge < -0.3 is 25.0 Å². The SMILES string of the molecule is NCc1cccc(C2CCN(C(=O)N3CCN(Cc4ccc5c(c4)OCO5)CC3)CC2)c1. The van der Waals surface area contributed by atoms with E-state index < -0.39 is 0 Å². The highest BCUT2D eigenvalue weighted by Crippen LogP contribution is 2.33. The second-order valence-corrected chi connectivity index (χ2v) is 8.94. The van der Waals surface area contributed by atoms with Crippen LogP contribution in [0.15, 0.2) is 42.5 Å². The number of carbonyl (C=O) groups excluding carboxylic acids is 1. The van der Waals surface area contributed by atoms with Gasteiger partial charge in [0.2, 0.25) is 6.79 Å². The fourth-order valence-corrected chi connectivity index (χ4v) is 4.97. The van der Waals surface area contributed by atoms with Crippen molar-refractivity contribution in [3.63, 3.8) is 0 Å². The van der Waals surface area contributed by atoms with Crippen molar-refractivity contribution in [3.05, 3.63) is 59.2 Å². The lowest BCUT2D eigenvalue weighted by atomic mass is 9.88. The van der Waals surface area contributed by atoms with Crippen LogP contribution in [0.4, 0.5) is 4.79 Å². The maximum atomic E-state index is 13.1. The fourth-order valence-electron chi connectivity index (χ4n) is 4.97. The van der Waals surface area contributed by atoms with E-state index in [-0.39, 0.29) is 6.03 Å². The zero-order valence-corrected chi connectivity index (χ0v) is 18.5. The zero-order valence-electron chi connectivity index (χ0n) is 18.5. The largest absolute Gasteiger partial charge is 0.454 e. The Morgan fingerprint density at radius 1 is 0.875 bits per heavy atom. The number of likely N-dealkylation sites (tertiary alicyclic amines) is 1. The van der Waals surface area contributed by atoms with Crippen LogP contribution in [0.1, 0.15) is 35.4 Å². The lowest BCUT2D eigenvalue weighted by Crippen LogP contribution is -2.53. The van der Waals surface area contributed by atoms with E-state index in [4.69, 9.17) is 15.2 Å². The Hall–Kier alpha value is -2.77. The number of urea groups is 1. The van der Waals surface area contributed by atoms with Crippen LogP contribution in [0.5, 0.6) is 11.5 Å². The molecule has 0 spiro atoms. The van der Waals surface area contributed by atoms with Crippen LogP contribution in [0.2, 0.25) is 0 Å². The molecule has 3 aliphatic rings. The van der Waals surface area contributed by atoms with E-state index in [1.54, 1.807) is 0 Å². The number of piperidine rings is 1. The van der Waals surface area contributed by atoms with Gasteiger partial charge in [0.25, 0.3) is 0 Å². The van der Waals surface area contributed by atoms with Crippen LogP contribution in [0, 0.1) is 0 Å². The molecule has 0 aromatic heterocycles. The summed E-state index contributed by atoms with van der Waals surface area (Å²) in [5, 5.41) is 0. The predicted octanol–water partition coefficient (Wildman–Crippen LogP) is 2.99. The van der Waals surface area contributed by atoms with E-state index in [1.807, 2.05) is 15.9 Å². The number of piperazine rings is 1. The second kappa shape index (κ2) is 9.38. The minimum absolute atomic E-state index is 0.196. The third-order valence-electron chi connectivity index (χ3n) is 6.91. The van der Waals surface area contributed by atoms with Gasteiger partial charge in [-0.1, -0.05) is 30.3 Å². The van der Waals surface area contributed by atoms with Crippen LogP contribution in [0.3, 0.4) is 0 Å². The Bertz CT molecular complexity index is 950. The van der Waals surface area contributed by atoms with Crippen molar-refractivity contribution in [1.29, 1.82) is 0 Å². The van der Waals surface area contributed by atoms with Crippen molar-refractivity contribution >= 4 is 6.03 Å². The first-order chi connectivity index (χ1) is 15.7. The first-order valence-electron chi connectivity index (χ1n) is 11.6. The number of ether oxygens (including phenoxy) is 2.